The molecule has 31 heavy (non-hydrogen) atoms. The number of hydrogen-bond donors (Lipinski definition) is 1. The van der Waals surface area contributed by atoms with Crippen LogP contribution in [0.4, 0.5) is 4.39 Å². The van der Waals surface area contributed by atoms with Crippen molar-refractivity contribution in [3.05, 3.63) is 76.7 Å². The average Bonchev–Trinajstić information content (AvgIpc) is 3.21. The fraction of sp³-hybridized carbons (Fsp3) is 0.143. The molecule has 158 valence electrons. The van der Waals surface area contributed by atoms with Gasteiger partial charge in [0.15, 0.2) is 17.1 Å². The highest BCUT2D eigenvalue weighted by molar-refractivity contribution is 5.86. The van der Waals surface area contributed by atoms with Gasteiger partial charge in [-0.1, -0.05) is 6.07 Å². The minimum Gasteiger partial charge on any atom is -0.493 e. The highest BCUT2D eigenvalue weighted by Crippen LogP contribution is 2.27. The van der Waals surface area contributed by atoms with Crippen LogP contribution in [0, 0.1) is 5.82 Å². The summed E-state index contributed by atoms with van der Waals surface area (Å²) in [5.41, 5.74) is 3.56. The van der Waals surface area contributed by atoms with E-state index in [4.69, 9.17) is 9.47 Å². The maximum absolute atomic E-state index is 13.2. The van der Waals surface area contributed by atoms with Gasteiger partial charge >= 0.3 is 0 Å². The molecule has 0 saturated carbocycles. The van der Waals surface area contributed by atoms with Crippen molar-refractivity contribution >= 4 is 16.9 Å². The first kappa shape index (κ1) is 20.1. The van der Waals surface area contributed by atoms with Crippen LogP contribution in [0.25, 0.3) is 16.7 Å². The normalized spacial score (nSPS) is 10.8. The van der Waals surface area contributed by atoms with Crippen molar-refractivity contribution in [1.82, 2.24) is 19.4 Å². The molecule has 2 heterocycles. The molecule has 0 unspecified atom stereocenters. The molecular formula is C21H18FN5O4. The van der Waals surface area contributed by atoms with Crippen molar-refractivity contribution in [3.63, 3.8) is 0 Å². The lowest BCUT2D eigenvalue weighted by Gasteiger charge is -2.11. The fourth-order valence-electron chi connectivity index (χ4n) is 3.11. The van der Waals surface area contributed by atoms with Crippen LogP contribution in [0.3, 0.4) is 0 Å². The fourth-order valence-corrected chi connectivity index (χ4v) is 3.11. The second kappa shape index (κ2) is 8.27. The summed E-state index contributed by atoms with van der Waals surface area (Å²) in [5, 5.41) is 4.37. The van der Waals surface area contributed by atoms with E-state index < -0.39 is 11.5 Å². The van der Waals surface area contributed by atoms with Gasteiger partial charge in [0.1, 0.15) is 17.5 Å². The van der Waals surface area contributed by atoms with E-state index in [2.05, 4.69) is 15.5 Å². The summed E-state index contributed by atoms with van der Waals surface area (Å²) in [6.45, 7) is 0. The van der Waals surface area contributed by atoms with E-state index in [9.17, 15) is 14.0 Å². The van der Waals surface area contributed by atoms with E-state index in [1.807, 2.05) is 0 Å². The Balaban J connectivity index is 1.56. The summed E-state index contributed by atoms with van der Waals surface area (Å²) in [7, 11) is 3.03. The minimum absolute atomic E-state index is 0.0136. The van der Waals surface area contributed by atoms with Crippen LogP contribution in [0.2, 0.25) is 0 Å². The van der Waals surface area contributed by atoms with Crippen molar-refractivity contribution in [2.75, 3.05) is 19.6 Å². The highest BCUT2D eigenvalue weighted by Gasteiger charge is 2.14. The number of carbonyl (C=O) groups is 1. The molecule has 1 N–H and O–H groups in total. The molecule has 0 bridgehead atoms. The molecule has 0 aliphatic rings. The van der Waals surface area contributed by atoms with Crippen LogP contribution in [-0.4, -0.2) is 39.6 Å². The first-order chi connectivity index (χ1) is 15.0. The van der Waals surface area contributed by atoms with Gasteiger partial charge in [0.05, 0.1) is 32.5 Å². The lowest BCUT2D eigenvalue weighted by atomic mass is 10.1. The minimum atomic E-state index is -0.487. The second-order valence-corrected chi connectivity index (χ2v) is 6.59. The van der Waals surface area contributed by atoms with E-state index in [1.54, 1.807) is 18.2 Å². The zero-order chi connectivity index (χ0) is 22.0. The Labute approximate surface area is 175 Å². The molecular weight excluding hydrogens is 405 g/mol. The van der Waals surface area contributed by atoms with E-state index >= 15 is 0 Å². The van der Waals surface area contributed by atoms with Crippen molar-refractivity contribution in [1.29, 1.82) is 0 Å². The number of hydrogen-bond acceptors (Lipinski definition) is 6. The SMILES string of the molecule is COc1ccc(CC(=O)Nn2cnc3c(cnn3-c3ccc(F)cc3)c2=O)cc1OC. The molecule has 2 aromatic carbocycles. The lowest BCUT2D eigenvalue weighted by molar-refractivity contribution is -0.116. The number of fused-ring (bicyclic) bond motifs is 1. The number of aromatic nitrogens is 4. The van der Waals surface area contributed by atoms with Crippen LogP contribution in [0.5, 0.6) is 11.5 Å². The quantitative estimate of drug-likeness (QED) is 0.510. The van der Waals surface area contributed by atoms with Crippen LogP contribution < -0.4 is 20.5 Å². The Kier molecular flexibility index (Phi) is 5.35. The molecule has 1 amide bonds. The van der Waals surface area contributed by atoms with Crippen LogP contribution in [0.1, 0.15) is 5.56 Å². The van der Waals surface area contributed by atoms with Gasteiger partial charge in [0, 0.05) is 0 Å². The standard InChI is InChI=1S/C21H18FN5O4/c1-30-17-8-3-13(9-18(17)31-2)10-19(28)25-26-12-23-20-16(21(26)29)11-24-27(20)15-6-4-14(22)5-7-15/h3-9,11-12H,10H2,1-2H3,(H,25,28). The van der Waals surface area contributed by atoms with Crippen molar-refractivity contribution in [2.45, 2.75) is 6.42 Å². The van der Waals surface area contributed by atoms with Gasteiger partial charge < -0.3 is 9.47 Å². The van der Waals surface area contributed by atoms with E-state index in [-0.39, 0.29) is 17.6 Å². The molecule has 0 radical (unpaired) electrons. The smallest absolute Gasteiger partial charge is 0.283 e. The molecule has 0 aliphatic carbocycles. The zero-order valence-corrected chi connectivity index (χ0v) is 16.7. The molecule has 0 saturated heterocycles. The maximum Gasteiger partial charge on any atom is 0.283 e. The monoisotopic (exact) mass is 423 g/mol. The van der Waals surface area contributed by atoms with Crippen molar-refractivity contribution in [3.8, 4) is 17.2 Å². The second-order valence-electron chi connectivity index (χ2n) is 6.59. The number of benzene rings is 2. The average molecular weight is 423 g/mol. The van der Waals surface area contributed by atoms with Gasteiger partial charge in [-0.15, -0.1) is 0 Å². The molecule has 0 spiro atoms. The predicted molar refractivity (Wildman–Crippen MR) is 111 cm³/mol. The van der Waals surface area contributed by atoms with Crippen LogP contribution in [0.15, 0.2) is 59.8 Å². The summed E-state index contributed by atoms with van der Waals surface area (Å²) >= 11 is 0. The summed E-state index contributed by atoms with van der Waals surface area (Å²) in [5.74, 6) is 0.256. The third-order valence-electron chi connectivity index (χ3n) is 4.62. The first-order valence-electron chi connectivity index (χ1n) is 9.22. The number of carbonyl (C=O) groups excluding carboxylic acids is 1. The third-order valence-corrected chi connectivity index (χ3v) is 4.62. The number of methoxy groups -OCH3 is 2. The molecule has 4 rings (SSSR count). The maximum atomic E-state index is 13.2. The van der Waals surface area contributed by atoms with Gasteiger partial charge in [0.2, 0.25) is 5.91 Å². The van der Waals surface area contributed by atoms with Gasteiger partial charge in [-0.2, -0.15) is 5.10 Å². The summed E-state index contributed by atoms with van der Waals surface area (Å²) in [6, 6.07) is 10.8. The number of rotatable bonds is 6. The molecule has 4 aromatic rings. The van der Waals surface area contributed by atoms with Gasteiger partial charge in [-0.3, -0.25) is 15.0 Å². The molecule has 0 atom stereocenters. The first-order valence-corrected chi connectivity index (χ1v) is 9.22. The number of ether oxygens (including phenoxy) is 2. The Morgan fingerprint density at radius 3 is 2.55 bits per heavy atom. The largest absolute Gasteiger partial charge is 0.493 e. The van der Waals surface area contributed by atoms with Crippen LogP contribution in [-0.2, 0) is 11.2 Å². The molecule has 10 heteroatoms. The predicted octanol–water partition coefficient (Wildman–Crippen LogP) is 2.05. The zero-order valence-electron chi connectivity index (χ0n) is 16.7. The van der Waals surface area contributed by atoms with E-state index in [0.717, 1.165) is 4.68 Å². The van der Waals surface area contributed by atoms with E-state index in [1.165, 1.54) is 55.7 Å². The van der Waals surface area contributed by atoms with E-state index in [0.29, 0.717) is 28.4 Å². The van der Waals surface area contributed by atoms with Gasteiger partial charge in [-0.25, -0.2) is 18.7 Å². The highest BCUT2D eigenvalue weighted by atomic mass is 19.1. The molecule has 9 nitrogen and oxygen atoms in total. The molecule has 0 fully saturated rings. The lowest BCUT2D eigenvalue weighted by Crippen LogP contribution is -2.34. The number of nitrogens with zero attached hydrogens (tertiary/aromatic N) is 4. The summed E-state index contributed by atoms with van der Waals surface area (Å²) in [4.78, 5) is 29.4. The number of halogens is 1. The Morgan fingerprint density at radius 1 is 1.10 bits per heavy atom. The topological polar surface area (TPSA) is 100 Å². The summed E-state index contributed by atoms with van der Waals surface area (Å²) < 4.78 is 26.0. The van der Waals surface area contributed by atoms with Gasteiger partial charge in [-0.05, 0) is 42.0 Å². The van der Waals surface area contributed by atoms with Crippen molar-refractivity contribution < 1.29 is 18.7 Å². The van der Waals surface area contributed by atoms with Gasteiger partial charge in [0.25, 0.3) is 5.56 Å². The third kappa shape index (κ3) is 3.95. The Bertz CT molecular complexity index is 1310. The van der Waals surface area contributed by atoms with Crippen LogP contribution >= 0.6 is 0 Å². The summed E-state index contributed by atoms with van der Waals surface area (Å²) in [6.07, 6.45) is 2.57. The number of nitrogens with one attached hydrogen (secondary N) is 1. The number of amides is 1. The van der Waals surface area contributed by atoms with Crippen molar-refractivity contribution in [2.24, 2.45) is 0 Å². The molecule has 2 aromatic heterocycles. The molecule has 0 aliphatic heterocycles. The Hall–Kier alpha value is -4.21. The Morgan fingerprint density at radius 2 is 1.84 bits per heavy atom.